The second-order valence-corrected chi connectivity index (χ2v) is 5.93. The van der Waals surface area contributed by atoms with Crippen LogP contribution in [0.1, 0.15) is 5.56 Å². The van der Waals surface area contributed by atoms with Gasteiger partial charge in [0.25, 0.3) is 0 Å². The standard InChI is InChI=1S/C17H16O4S/c1-12-2-5-14(6-3-12)22-11-17(18)21-13-4-7-15-16(10-13)20-9-8-19-15/h2-7,10H,8-9,11H2,1H3. The predicted molar refractivity (Wildman–Crippen MR) is 85.0 cm³/mol. The molecular weight excluding hydrogens is 300 g/mol. The molecule has 0 saturated heterocycles. The van der Waals surface area contributed by atoms with E-state index in [2.05, 4.69) is 0 Å². The zero-order chi connectivity index (χ0) is 15.4. The first-order valence-electron chi connectivity index (χ1n) is 7.00. The Hall–Kier alpha value is -2.14. The topological polar surface area (TPSA) is 44.8 Å². The molecule has 1 aliphatic rings. The monoisotopic (exact) mass is 316 g/mol. The minimum atomic E-state index is -0.290. The molecule has 2 aromatic rings. The van der Waals surface area contributed by atoms with Crippen LogP contribution in [0.5, 0.6) is 17.2 Å². The van der Waals surface area contributed by atoms with Crippen molar-refractivity contribution in [2.24, 2.45) is 0 Å². The quantitative estimate of drug-likeness (QED) is 0.491. The molecule has 3 rings (SSSR count). The van der Waals surface area contributed by atoms with Crippen LogP contribution in [0.2, 0.25) is 0 Å². The number of aryl methyl sites for hydroxylation is 1. The minimum absolute atomic E-state index is 0.261. The number of carbonyl (C=O) groups is 1. The van der Waals surface area contributed by atoms with Gasteiger partial charge in [-0.1, -0.05) is 17.7 Å². The van der Waals surface area contributed by atoms with Crippen molar-refractivity contribution in [1.29, 1.82) is 0 Å². The van der Waals surface area contributed by atoms with Crippen molar-refractivity contribution in [2.45, 2.75) is 11.8 Å². The molecular formula is C17H16O4S. The molecule has 0 radical (unpaired) electrons. The number of rotatable bonds is 4. The Morgan fingerprint density at radius 1 is 1.09 bits per heavy atom. The molecule has 0 fully saturated rings. The number of esters is 1. The summed E-state index contributed by atoms with van der Waals surface area (Å²) < 4.78 is 16.2. The van der Waals surface area contributed by atoms with E-state index in [1.807, 2.05) is 31.2 Å². The lowest BCUT2D eigenvalue weighted by Gasteiger charge is -2.18. The van der Waals surface area contributed by atoms with Crippen molar-refractivity contribution in [2.75, 3.05) is 19.0 Å². The van der Waals surface area contributed by atoms with Gasteiger partial charge in [0, 0.05) is 11.0 Å². The van der Waals surface area contributed by atoms with Gasteiger partial charge in [-0.05, 0) is 31.2 Å². The Morgan fingerprint density at radius 3 is 2.59 bits per heavy atom. The van der Waals surface area contributed by atoms with Crippen molar-refractivity contribution in [1.82, 2.24) is 0 Å². The lowest BCUT2D eigenvalue weighted by Crippen LogP contribution is -2.16. The van der Waals surface area contributed by atoms with Crippen molar-refractivity contribution in [3.63, 3.8) is 0 Å². The van der Waals surface area contributed by atoms with Gasteiger partial charge in [-0.3, -0.25) is 4.79 Å². The molecule has 1 aliphatic heterocycles. The van der Waals surface area contributed by atoms with Gasteiger partial charge in [0.2, 0.25) is 0 Å². The second-order valence-electron chi connectivity index (χ2n) is 4.88. The maximum Gasteiger partial charge on any atom is 0.321 e. The predicted octanol–water partition coefficient (Wildman–Crippen LogP) is 3.46. The summed E-state index contributed by atoms with van der Waals surface area (Å²) in [4.78, 5) is 13.0. The van der Waals surface area contributed by atoms with E-state index in [0.29, 0.717) is 30.5 Å². The summed E-state index contributed by atoms with van der Waals surface area (Å²) in [6.45, 7) is 3.08. The smallest absolute Gasteiger partial charge is 0.321 e. The van der Waals surface area contributed by atoms with Crippen LogP contribution in [0.25, 0.3) is 0 Å². The van der Waals surface area contributed by atoms with E-state index in [1.165, 1.54) is 17.3 Å². The highest BCUT2D eigenvalue weighted by atomic mass is 32.2. The van der Waals surface area contributed by atoms with Crippen LogP contribution >= 0.6 is 11.8 Å². The van der Waals surface area contributed by atoms with Crippen LogP contribution in [0.15, 0.2) is 47.4 Å². The molecule has 0 aliphatic carbocycles. The SMILES string of the molecule is Cc1ccc(SCC(=O)Oc2ccc3c(c2)OCCO3)cc1. The summed E-state index contributed by atoms with van der Waals surface area (Å²) in [5.74, 6) is 1.74. The first kappa shape index (κ1) is 14.8. The Kier molecular flexibility index (Phi) is 4.53. The van der Waals surface area contributed by atoms with Crippen molar-refractivity contribution < 1.29 is 19.0 Å². The summed E-state index contributed by atoms with van der Waals surface area (Å²) in [5, 5.41) is 0. The molecule has 0 bridgehead atoms. The van der Waals surface area contributed by atoms with Gasteiger partial charge in [0.15, 0.2) is 11.5 Å². The van der Waals surface area contributed by atoms with Crippen molar-refractivity contribution >= 4 is 17.7 Å². The van der Waals surface area contributed by atoms with Gasteiger partial charge in [-0.25, -0.2) is 0 Å². The van der Waals surface area contributed by atoms with Gasteiger partial charge >= 0.3 is 5.97 Å². The Balaban J connectivity index is 1.56. The van der Waals surface area contributed by atoms with Gasteiger partial charge in [-0.2, -0.15) is 0 Å². The maximum atomic E-state index is 11.9. The van der Waals surface area contributed by atoms with E-state index >= 15 is 0 Å². The highest BCUT2D eigenvalue weighted by molar-refractivity contribution is 8.00. The number of thioether (sulfide) groups is 1. The van der Waals surface area contributed by atoms with E-state index in [4.69, 9.17) is 14.2 Å². The van der Waals surface area contributed by atoms with Gasteiger partial charge in [-0.15, -0.1) is 11.8 Å². The molecule has 114 valence electrons. The van der Waals surface area contributed by atoms with Crippen molar-refractivity contribution in [3.05, 3.63) is 48.0 Å². The summed E-state index contributed by atoms with van der Waals surface area (Å²) in [6.07, 6.45) is 0. The maximum absolute atomic E-state index is 11.9. The zero-order valence-corrected chi connectivity index (χ0v) is 13.0. The first-order chi connectivity index (χ1) is 10.7. The molecule has 5 heteroatoms. The van der Waals surface area contributed by atoms with E-state index < -0.39 is 0 Å². The summed E-state index contributed by atoms with van der Waals surface area (Å²) in [6, 6.07) is 13.2. The van der Waals surface area contributed by atoms with E-state index in [1.54, 1.807) is 18.2 Å². The average molecular weight is 316 g/mol. The summed E-state index contributed by atoms with van der Waals surface area (Å²) in [5.41, 5.74) is 1.20. The first-order valence-corrected chi connectivity index (χ1v) is 7.99. The second kappa shape index (κ2) is 6.75. The van der Waals surface area contributed by atoms with Gasteiger partial charge < -0.3 is 14.2 Å². The summed E-state index contributed by atoms with van der Waals surface area (Å²) >= 11 is 1.45. The van der Waals surface area contributed by atoms with Crippen LogP contribution in [0.3, 0.4) is 0 Å². The van der Waals surface area contributed by atoms with E-state index in [-0.39, 0.29) is 11.7 Å². The number of benzene rings is 2. The lowest BCUT2D eigenvalue weighted by molar-refractivity contribution is -0.131. The molecule has 4 nitrogen and oxygen atoms in total. The van der Waals surface area contributed by atoms with Crippen LogP contribution in [0, 0.1) is 6.92 Å². The van der Waals surface area contributed by atoms with Crippen LogP contribution < -0.4 is 14.2 Å². The molecule has 0 unspecified atom stereocenters. The average Bonchev–Trinajstić information content (AvgIpc) is 2.54. The third-order valence-corrected chi connectivity index (χ3v) is 4.11. The molecule has 0 amide bonds. The number of ether oxygens (including phenoxy) is 3. The number of hydrogen-bond acceptors (Lipinski definition) is 5. The lowest BCUT2D eigenvalue weighted by atomic mass is 10.2. The number of carbonyl (C=O) groups excluding carboxylic acids is 1. The zero-order valence-electron chi connectivity index (χ0n) is 12.2. The Bertz CT molecular complexity index is 667. The normalized spacial score (nSPS) is 12.8. The largest absolute Gasteiger partial charge is 0.486 e. The number of hydrogen-bond donors (Lipinski definition) is 0. The van der Waals surface area contributed by atoms with E-state index in [9.17, 15) is 4.79 Å². The van der Waals surface area contributed by atoms with Crippen LogP contribution in [-0.4, -0.2) is 24.9 Å². The molecule has 2 aromatic carbocycles. The van der Waals surface area contributed by atoms with Crippen LogP contribution in [0.4, 0.5) is 0 Å². The highest BCUT2D eigenvalue weighted by Crippen LogP contribution is 2.33. The third kappa shape index (κ3) is 3.74. The fraction of sp³-hybridized carbons (Fsp3) is 0.235. The van der Waals surface area contributed by atoms with E-state index in [0.717, 1.165) is 4.90 Å². The molecule has 0 saturated carbocycles. The molecule has 22 heavy (non-hydrogen) atoms. The minimum Gasteiger partial charge on any atom is -0.486 e. The molecule has 0 N–H and O–H groups in total. The summed E-state index contributed by atoms with van der Waals surface area (Å²) in [7, 11) is 0. The highest BCUT2D eigenvalue weighted by Gasteiger charge is 2.14. The Labute approximate surface area is 133 Å². The Morgan fingerprint density at radius 2 is 1.82 bits per heavy atom. The van der Waals surface area contributed by atoms with Crippen LogP contribution in [-0.2, 0) is 4.79 Å². The number of fused-ring (bicyclic) bond motifs is 1. The molecule has 0 aromatic heterocycles. The van der Waals surface area contributed by atoms with Gasteiger partial charge in [0.1, 0.15) is 19.0 Å². The molecule has 1 heterocycles. The van der Waals surface area contributed by atoms with Crippen molar-refractivity contribution in [3.8, 4) is 17.2 Å². The molecule has 0 spiro atoms. The third-order valence-electron chi connectivity index (χ3n) is 3.12. The molecule has 0 atom stereocenters. The fourth-order valence-electron chi connectivity index (χ4n) is 2.02. The fourth-order valence-corrected chi connectivity index (χ4v) is 2.70. The van der Waals surface area contributed by atoms with Gasteiger partial charge in [0.05, 0.1) is 5.75 Å².